The van der Waals surface area contributed by atoms with Crippen LogP contribution in [0.25, 0.3) is 0 Å². The van der Waals surface area contributed by atoms with E-state index in [4.69, 9.17) is 0 Å². The van der Waals surface area contributed by atoms with Gasteiger partial charge in [-0.1, -0.05) is 20.8 Å². The van der Waals surface area contributed by atoms with E-state index in [-0.39, 0.29) is 0 Å². The largest absolute Gasteiger partial charge is 0.255 e. The standard InChI is InChI=1S/C8H20N2/c1-5-6-9-10(4)7-8(2)3/h8-9H,5-7H2,1-4H3. The van der Waals surface area contributed by atoms with Gasteiger partial charge in [0.1, 0.15) is 0 Å². The number of hydrazine groups is 1. The highest BCUT2D eigenvalue weighted by atomic mass is 15.5. The fraction of sp³-hybridized carbons (Fsp3) is 1.00. The first kappa shape index (κ1) is 9.92. The fourth-order valence-corrected chi connectivity index (χ4v) is 0.915. The summed E-state index contributed by atoms with van der Waals surface area (Å²) in [5, 5.41) is 2.16. The number of nitrogens with zero attached hydrogens (tertiary/aromatic N) is 1. The third-order valence-electron chi connectivity index (χ3n) is 1.27. The number of hydrogen-bond donors (Lipinski definition) is 1. The Morgan fingerprint density at radius 2 is 2.00 bits per heavy atom. The molecule has 0 aliphatic carbocycles. The molecule has 0 aliphatic rings. The molecule has 10 heavy (non-hydrogen) atoms. The van der Waals surface area contributed by atoms with E-state index in [2.05, 4.69) is 38.3 Å². The van der Waals surface area contributed by atoms with Crippen LogP contribution in [0.1, 0.15) is 27.2 Å². The summed E-state index contributed by atoms with van der Waals surface area (Å²) in [7, 11) is 2.09. The predicted octanol–water partition coefficient (Wildman–Crippen LogP) is 1.49. The van der Waals surface area contributed by atoms with Crippen molar-refractivity contribution in [2.75, 3.05) is 20.1 Å². The van der Waals surface area contributed by atoms with Gasteiger partial charge in [0.15, 0.2) is 0 Å². The van der Waals surface area contributed by atoms with Gasteiger partial charge in [-0.2, -0.15) is 0 Å². The van der Waals surface area contributed by atoms with Gasteiger partial charge in [0, 0.05) is 20.1 Å². The summed E-state index contributed by atoms with van der Waals surface area (Å²) in [6, 6.07) is 0. The summed E-state index contributed by atoms with van der Waals surface area (Å²) < 4.78 is 0. The zero-order valence-corrected chi connectivity index (χ0v) is 7.65. The molecule has 0 saturated carbocycles. The summed E-state index contributed by atoms with van der Waals surface area (Å²) in [4.78, 5) is 0. The Bertz CT molecular complexity index is 71.7. The molecule has 0 aromatic carbocycles. The summed E-state index contributed by atoms with van der Waals surface area (Å²) in [5.74, 6) is 0.745. The molecule has 62 valence electrons. The second-order valence-electron chi connectivity index (χ2n) is 3.18. The van der Waals surface area contributed by atoms with E-state index in [1.165, 1.54) is 6.42 Å². The number of nitrogens with one attached hydrogen (secondary N) is 1. The van der Waals surface area contributed by atoms with Crippen molar-refractivity contribution >= 4 is 0 Å². The maximum atomic E-state index is 3.30. The average molecular weight is 144 g/mol. The molecule has 0 rings (SSSR count). The third-order valence-corrected chi connectivity index (χ3v) is 1.27. The van der Waals surface area contributed by atoms with Crippen molar-refractivity contribution in [1.82, 2.24) is 10.4 Å². The second-order valence-corrected chi connectivity index (χ2v) is 3.18. The van der Waals surface area contributed by atoms with Crippen molar-refractivity contribution in [2.24, 2.45) is 5.92 Å². The van der Waals surface area contributed by atoms with E-state index >= 15 is 0 Å². The maximum Gasteiger partial charge on any atom is 0.0150 e. The topological polar surface area (TPSA) is 15.3 Å². The second kappa shape index (κ2) is 5.69. The summed E-state index contributed by atoms with van der Waals surface area (Å²) in [6.07, 6.45) is 1.20. The monoisotopic (exact) mass is 144 g/mol. The summed E-state index contributed by atoms with van der Waals surface area (Å²) >= 11 is 0. The lowest BCUT2D eigenvalue weighted by Gasteiger charge is -2.19. The summed E-state index contributed by atoms with van der Waals surface area (Å²) in [6.45, 7) is 8.84. The van der Waals surface area contributed by atoms with Crippen LogP contribution in [0.5, 0.6) is 0 Å². The highest BCUT2D eigenvalue weighted by molar-refractivity contribution is 4.48. The number of rotatable bonds is 5. The molecule has 0 radical (unpaired) electrons. The Morgan fingerprint density at radius 3 is 2.40 bits per heavy atom. The highest BCUT2D eigenvalue weighted by Gasteiger charge is 1.98. The van der Waals surface area contributed by atoms with Crippen LogP contribution in [0.3, 0.4) is 0 Å². The molecule has 0 spiro atoms. The molecule has 2 nitrogen and oxygen atoms in total. The van der Waals surface area contributed by atoms with Crippen LogP contribution in [0.2, 0.25) is 0 Å². The van der Waals surface area contributed by atoms with Gasteiger partial charge in [-0.05, 0) is 12.3 Å². The Kier molecular flexibility index (Phi) is 5.64. The zero-order valence-electron chi connectivity index (χ0n) is 7.65. The Morgan fingerprint density at radius 1 is 1.40 bits per heavy atom. The van der Waals surface area contributed by atoms with Gasteiger partial charge in [0.25, 0.3) is 0 Å². The maximum absolute atomic E-state index is 3.30. The molecule has 0 amide bonds. The van der Waals surface area contributed by atoms with E-state index < -0.39 is 0 Å². The molecule has 0 aliphatic heterocycles. The molecule has 0 heterocycles. The number of hydrogen-bond acceptors (Lipinski definition) is 2. The minimum absolute atomic E-state index is 0.745. The Balaban J connectivity index is 3.16. The van der Waals surface area contributed by atoms with Crippen molar-refractivity contribution in [3.05, 3.63) is 0 Å². The molecule has 0 bridgehead atoms. The van der Waals surface area contributed by atoms with E-state index in [1.54, 1.807) is 0 Å². The first-order valence-electron chi connectivity index (χ1n) is 4.11. The molecule has 0 atom stereocenters. The SMILES string of the molecule is CCCNN(C)CC(C)C. The smallest absolute Gasteiger partial charge is 0.0150 e. The molecule has 1 N–H and O–H groups in total. The van der Waals surface area contributed by atoms with Gasteiger partial charge in [-0.15, -0.1) is 0 Å². The normalized spacial score (nSPS) is 11.4. The first-order valence-corrected chi connectivity index (χ1v) is 4.11. The van der Waals surface area contributed by atoms with Crippen molar-refractivity contribution in [1.29, 1.82) is 0 Å². The van der Waals surface area contributed by atoms with Crippen LogP contribution in [0.15, 0.2) is 0 Å². The van der Waals surface area contributed by atoms with Gasteiger partial charge in [-0.25, -0.2) is 5.01 Å². The predicted molar refractivity (Wildman–Crippen MR) is 45.8 cm³/mol. The third kappa shape index (κ3) is 6.05. The highest BCUT2D eigenvalue weighted by Crippen LogP contribution is 1.91. The van der Waals surface area contributed by atoms with Crippen LogP contribution >= 0.6 is 0 Å². The van der Waals surface area contributed by atoms with E-state index in [9.17, 15) is 0 Å². The fourth-order valence-electron chi connectivity index (χ4n) is 0.915. The molecule has 0 aromatic heterocycles. The van der Waals surface area contributed by atoms with Gasteiger partial charge in [0.2, 0.25) is 0 Å². The lowest BCUT2D eigenvalue weighted by molar-refractivity contribution is 0.210. The van der Waals surface area contributed by atoms with Crippen molar-refractivity contribution in [3.8, 4) is 0 Å². The zero-order chi connectivity index (χ0) is 7.98. The molecule has 0 fully saturated rings. The van der Waals surface area contributed by atoms with Crippen molar-refractivity contribution < 1.29 is 0 Å². The van der Waals surface area contributed by atoms with Crippen molar-refractivity contribution in [3.63, 3.8) is 0 Å². The van der Waals surface area contributed by atoms with E-state index in [1.807, 2.05) is 0 Å². The molecular weight excluding hydrogens is 124 g/mol. The Labute approximate surface area is 64.6 Å². The van der Waals surface area contributed by atoms with Crippen LogP contribution in [0, 0.1) is 5.92 Å². The minimum atomic E-state index is 0.745. The van der Waals surface area contributed by atoms with Crippen molar-refractivity contribution in [2.45, 2.75) is 27.2 Å². The summed E-state index contributed by atoms with van der Waals surface area (Å²) in [5.41, 5.74) is 3.30. The molecule has 0 aromatic rings. The van der Waals surface area contributed by atoms with Gasteiger partial charge in [0.05, 0.1) is 0 Å². The van der Waals surface area contributed by atoms with Crippen LogP contribution in [-0.4, -0.2) is 25.1 Å². The average Bonchev–Trinajstić information content (AvgIpc) is 1.82. The van der Waals surface area contributed by atoms with Crippen LogP contribution in [-0.2, 0) is 0 Å². The Hall–Kier alpha value is -0.0800. The molecular formula is C8H20N2. The van der Waals surface area contributed by atoms with Crippen LogP contribution in [0.4, 0.5) is 0 Å². The lowest BCUT2D eigenvalue weighted by atomic mass is 10.2. The quantitative estimate of drug-likeness (QED) is 0.588. The van der Waals surface area contributed by atoms with Gasteiger partial charge >= 0.3 is 0 Å². The van der Waals surface area contributed by atoms with Crippen LogP contribution < -0.4 is 5.43 Å². The minimum Gasteiger partial charge on any atom is -0.255 e. The van der Waals surface area contributed by atoms with E-state index in [0.717, 1.165) is 19.0 Å². The van der Waals surface area contributed by atoms with E-state index in [0.29, 0.717) is 0 Å². The van der Waals surface area contributed by atoms with Gasteiger partial charge in [-0.3, -0.25) is 5.43 Å². The lowest BCUT2D eigenvalue weighted by Crippen LogP contribution is -2.37. The molecule has 0 unspecified atom stereocenters. The first-order chi connectivity index (χ1) is 4.66. The van der Waals surface area contributed by atoms with Gasteiger partial charge < -0.3 is 0 Å². The molecule has 2 heteroatoms. The molecule has 0 saturated heterocycles.